The molecule has 6 heteroatoms. The fraction of sp³-hybridized carbons (Fsp3) is 0.562. The van der Waals surface area contributed by atoms with E-state index in [0.29, 0.717) is 0 Å². The standard InChI is InChI=1S/2C4H8O.6C4H8.4C3H6.4C2H5N.12CH4/c2*1-4(2)5-3;6*1-4(2)3;8*1-3-2;;;;;;;;;;;;/h2*1H2,2-3H3;6*1H2,2-3H3;4*3H,1H2,2H3;4*1H2,2H3;12*1H4. The first-order chi connectivity index (χ1) is 26.2. The lowest BCUT2D eigenvalue weighted by Gasteiger charge is -1.88. The largest absolute Gasteiger partial charge is 0.502 e. The van der Waals surface area contributed by atoms with Crippen molar-refractivity contribution < 1.29 is 9.47 Å². The minimum atomic E-state index is 0. The zero-order valence-corrected chi connectivity index (χ0v) is 44.2. The Hall–Kier alpha value is -4.84. The van der Waals surface area contributed by atoms with E-state index in [2.05, 4.69) is 135 Å². The first-order valence-corrected chi connectivity index (χ1v) is 18.0. The second kappa shape index (κ2) is 301. The third-order valence-corrected chi connectivity index (χ3v) is 0.697. The Morgan fingerprint density at radius 1 is 0.271 bits per heavy atom. The Bertz CT molecular complexity index is 703. The number of methoxy groups -OCH3 is 2. The van der Waals surface area contributed by atoms with E-state index in [1.54, 1.807) is 80.6 Å². The molecule has 444 valence electrons. The highest BCUT2D eigenvalue weighted by molar-refractivity contribution is 5.22. The molecule has 0 aliphatic carbocycles. The SMILES string of the molecule is C.C.C.C.C.C.C.C.C.C.C.C.C=C(C)C.C=C(C)C.C=C(C)C.C=C(C)C.C=C(C)C.C=C(C)C.C=C(C)OC.C=C(C)OC.C=CC.C=CC.C=CC.C=CC.C=NC.C=NC.C=NC.C=NC. The molecule has 0 aromatic carbocycles. The molecule has 70 heavy (non-hydrogen) atoms. The number of allylic oxidation sites excluding steroid dienone is 12. The molecule has 0 atom stereocenters. The fourth-order valence-corrected chi connectivity index (χ4v) is 0. The van der Waals surface area contributed by atoms with Crippen molar-refractivity contribution in [2.45, 2.75) is 214 Å². The van der Waals surface area contributed by atoms with Crippen molar-refractivity contribution in [3.05, 3.63) is 148 Å². The molecule has 0 aliphatic rings. The first-order valence-electron chi connectivity index (χ1n) is 18.0. The second-order valence-electron chi connectivity index (χ2n) is 12.0. The van der Waals surface area contributed by atoms with Crippen LogP contribution < -0.4 is 0 Å². The van der Waals surface area contributed by atoms with E-state index in [9.17, 15) is 0 Å². The summed E-state index contributed by atoms with van der Waals surface area (Å²) in [5.74, 6) is 1.51. The summed E-state index contributed by atoms with van der Waals surface area (Å²) >= 11 is 0. The van der Waals surface area contributed by atoms with Gasteiger partial charge in [0.05, 0.1) is 25.7 Å². The average molecular weight is 1010 g/mol. The van der Waals surface area contributed by atoms with Crippen LogP contribution in [0.1, 0.15) is 214 Å². The molecule has 6 nitrogen and oxygen atoms in total. The highest BCUT2D eigenvalue weighted by Gasteiger charge is 1.65. The van der Waals surface area contributed by atoms with Crippen molar-refractivity contribution in [2.24, 2.45) is 20.0 Å². The first kappa shape index (κ1) is 194. The minimum absolute atomic E-state index is 0. The van der Waals surface area contributed by atoms with E-state index in [1.165, 1.54) is 33.4 Å². The van der Waals surface area contributed by atoms with E-state index < -0.39 is 0 Å². The van der Waals surface area contributed by atoms with Crippen LogP contribution in [0.4, 0.5) is 0 Å². The van der Waals surface area contributed by atoms with Crippen LogP contribution in [-0.4, -0.2) is 69.3 Å². The lowest BCUT2D eigenvalue weighted by Crippen LogP contribution is -1.70. The van der Waals surface area contributed by atoms with Gasteiger partial charge in [-0.15, -0.1) is 65.8 Å². The minimum Gasteiger partial charge on any atom is -0.502 e. The van der Waals surface area contributed by atoms with Gasteiger partial charge in [-0.1, -0.05) is 160 Å². The zero-order chi connectivity index (χ0) is 51.7. The van der Waals surface area contributed by atoms with E-state index in [-0.39, 0.29) is 89.1 Å². The summed E-state index contributed by atoms with van der Waals surface area (Å²) in [5, 5.41) is 0. The van der Waals surface area contributed by atoms with E-state index in [4.69, 9.17) is 0 Å². The number of ether oxygens (including phenoxy) is 2. The zero-order valence-electron chi connectivity index (χ0n) is 44.2. The van der Waals surface area contributed by atoms with Crippen LogP contribution in [0.25, 0.3) is 0 Å². The van der Waals surface area contributed by atoms with Gasteiger partial charge in [-0.05, 0) is 151 Å². The maximum atomic E-state index is 4.56. The summed E-state index contributed by atoms with van der Waals surface area (Å²) in [6.45, 7) is 89.0. The summed E-state index contributed by atoms with van der Waals surface area (Å²) in [6.07, 6.45) is 7.00. The van der Waals surface area contributed by atoms with Crippen LogP contribution in [0, 0.1) is 0 Å². The Kier molecular flexibility index (Phi) is 835. The third kappa shape index (κ3) is 346000. The number of hydrogen-bond donors (Lipinski definition) is 0. The number of aliphatic imine (C=N–C) groups is 4. The van der Waals surface area contributed by atoms with Crippen LogP contribution in [0.15, 0.2) is 168 Å². The summed E-state index contributed by atoms with van der Waals surface area (Å²) < 4.78 is 9.11. The van der Waals surface area contributed by atoms with Crippen molar-refractivity contribution in [3.63, 3.8) is 0 Å². The van der Waals surface area contributed by atoms with Gasteiger partial charge >= 0.3 is 0 Å². The molecule has 0 heterocycles. The van der Waals surface area contributed by atoms with Gasteiger partial charge in [0.25, 0.3) is 0 Å². The van der Waals surface area contributed by atoms with Gasteiger partial charge in [-0.3, -0.25) is 0 Å². The van der Waals surface area contributed by atoms with Crippen LogP contribution >= 0.6 is 0 Å². The Balaban J connectivity index is -0.0000000103. The van der Waals surface area contributed by atoms with Gasteiger partial charge in [-0.2, -0.15) is 0 Å². The highest BCUT2D eigenvalue weighted by Crippen LogP contribution is 1.81. The topological polar surface area (TPSA) is 67.9 Å². The van der Waals surface area contributed by atoms with Crippen molar-refractivity contribution in [2.75, 3.05) is 42.4 Å². The van der Waals surface area contributed by atoms with E-state index >= 15 is 0 Å². The van der Waals surface area contributed by atoms with Crippen LogP contribution in [-0.2, 0) is 9.47 Å². The van der Waals surface area contributed by atoms with Crippen molar-refractivity contribution in [1.82, 2.24) is 0 Å². The molecule has 0 rings (SSSR count). The molecular formula is C64H156N4O2. The molecule has 0 fully saturated rings. The fourth-order valence-electron chi connectivity index (χ4n) is 0. The number of hydrogen-bond acceptors (Lipinski definition) is 6. The molecule has 0 aromatic rings. The molecule has 0 bridgehead atoms. The monoisotopic (exact) mass is 1010 g/mol. The predicted molar refractivity (Wildman–Crippen MR) is 373 cm³/mol. The van der Waals surface area contributed by atoms with Gasteiger partial charge in [0.15, 0.2) is 0 Å². The van der Waals surface area contributed by atoms with Crippen LogP contribution in [0.5, 0.6) is 0 Å². The lowest BCUT2D eigenvalue weighted by atomic mass is 10.4. The summed E-state index contributed by atoms with van der Waals surface area (Å²) in [6, 6.07) is 0. The van der Waals surface area contributed by atoms with Gasteiger partial charge in [0.2, 0.25) is 0 Å². The van der Waals surface area contributed by atoms with Crippen molar-refractivity contribution in [3.8, 4) is 0 Å². The Morgan fingerprint density at radius 3 is 0.286 bits per heavy atom. The van der Waals surface area contributed by atoms with Gasteiger partial charge < -0.3 is 29.4 Å². The summed E-state index contributed by atoms with van der Waals surface area (Å²) in [7, 11) is 9.75. The molecular weight excluding hydrogens is 857 g/mol. The summed E-state index contributed by atoms with van der Waals surface area (Å²) in [5.41, 5.74) is 7.00. The lowest BCUT2D eigenvalue weighted by molar-refractivity contribution is 0.295. The smallest absolute Gasteiger partial charge is 0.0853 e. The molecule has 0 aliphatic heterocycles. The molecule has 0 radical (unpaired) electrons. The van der Waals surface area contributed by atoms with Crippen LogP contribution in [0.3, 0.4) is 0 Å². The average Bonchev–Trinajstić information content (AvgIpc) is 2.99. The molecule has 0 amide bonds. The summed E-state index contributed by atoms with van der Waals surface area (Å²) in [4.78, 5) is 13.0. The molecule has 0 saturated carbocycles. The maximum Gasteiger partial charge on any atom is 0.0853 e. The predicted octanol–water partition coefficient (Wildman–Crippen LogP) is 25.5. The number of rotatable bonds is 2. The van der Waals surface area contributed by atoms with Crippen molar-refractivity contribution >= 4 is 26.9 Å². The van der Waals surface area contributed by atoms with Gasteiger partial charge in [-0.25, -0.2) is 0 Å². The molecule has 0 saturated heterocycles. The Labute approximate surface area is 458 Å². The molecule has 0 aromatic heterocycles. The van der Waals surface area contributed by atoms with Gasteiger partial charge in [0, 0.05) is 28.2 Å². The van der Waals surface area contributed by atoms with Crippen molar-refractivity contribution in [1.29, 1.82) is 0 Å². The Morgan fingerprint density at radius 2 is 0.286 bits per heavy atom. The molecule has 0 unspecified atom stereocenters. The quantitative estimate of drug-likeness (QED) is 0.157. The van der Waals surface area contributed by atoms with Crippen LogP contribution in [0.2, 0.25) is 0 Å². The maximum absolute atomic E-state index is 4.56. The normalized spacial score (nSPS) is 4.69. The van der Waals surface area contributed by atoms with E-state index in [1.807, 2.05) is 111 Å². The molecule has 0 spiro atoms. The van der Waals surface area contributed by atoms with Gasteiger partial charge in [0.1, 0.15) is 0 Å². The number of nitrogens with zero attached hydrogens (tertiary/aromatic N) is 4. The van der Waals surface area contributed by atoms with E-state index in [0.717, 1.165) is 11.5 Å². The molecule has 0 N–H and O–H groups in total. The second-order valence-corrected chi connectivity index (χ2v) is 12.0. The highest BCUT2D eigenvalue weighted by atomic mass is 16.5. The third-order valence-electron chi connectivity index (χ3n) is 0.697.